The van der Waals surface area contributed by atoms with Crippen molar-refractivity contribution in [1.29, 1.82) is 0 Å². The van der Waals surface area contributed by atoms with Crippen LogP contribution < -0.4 is 0 Å². The van der Waals surface area contributed by atoms with Gasteiger partial charge in [0.05, 0.1) is 13.2 Å². The molecule has 2 atom stereocenters. The summed E-state index contributed by atoms with van der Waals surface area (Å²) in [7, 11) is 0. The molecule has 0 N–H and O–H groups in total. The van der Waals surface area contributed by atoms with E-state index in [9.17, 15) is 4.79 Å². The zero-order chi connectivity index (χ0) is 16.2. The van der Waals surface area contributed by atoms with E-state index in [4.69, 9.17) is 4.74 Å². The second-order valence-electron chi connectivity index (χ2n) is 6.86. The summed E-state index contributed by atoms with van der Waals surface area (Å²) in [4.78, 5) is 18.5. The number of nitrogens with zero attached hydrogens (tertiary/aromatic N) is 2. The minimum atomic E-state index is 0.297. The maximum atomic E-state index is 12.5. The number of carbonyl (C=O) groups is 1. The quantitative estimate of drug-likeness (QED) is 0.847. The summed E-state index contributed by atoms with van der Waals surface area (Å²) in [5.41, 5.74) is 1.37. The SMILES string of the molecule is Cc1ccsc1CN1CCOC[C@H](CC(=O)N2CCCC2)[C@H]1C. The van der Waals surface area contributed by atoms with Gasteiger partial charge in [0.1, 0.15) is 0 Å². The van der Waals surface area contributed by atoms with Crippen LogP contribution in [0.25, 0.3) is 0 Å². The van der Waals surface area contributed by atoms with Crippen LogP contribution in [-0.4, -0.2) is 54.6 Å². The van der Waals surface area contributed by atoms with E-state index in [1.165, 1.54) is 10.4 Å². The number of aryl methyl sites for hydroxylation is 1. The summed E-state index contributed by atoms with van der Waals surface area (Å²) in [5, 5.41) is 2.16. The molecule has 1 aromatic heterocycles. The third-order valence-electron chi connectivity index (χ3n) is 5.32. The molecule has 0 unspecified atom stereocenters. The summed E-state index contributed by atoms with van der Waals surface area (Å²) in [6, 6.07) is 2.57. The van der Waals surface area contributed by atoms with Crippen molar-refractivity contribution < 1.29 is 9.53 Å². The van der Waals surface area contributed by atoms with E-state index in [1.54, 1.807) is 0 Å². The number of rotatable bonds is 4. The second kappa shape index (κ2) is 7.77. The van der Waals surface area contributed by atoms with Crippen molar-refractivity contribution in [3.05, 3.63) is 21.9 Å². The summed E-state index contributed by atoms with van der Waals surface area (Å²) in [6.07, 6.45) is 2.94. The van der Waals surface area contributed by atoms with Gasteiger partial charge >= 0.3 is 0 Å². The van der Waals surface area contributed by atoms with Gasteiger partial charge in [-0.3, -0.25) is 9.69 Å². The molecule has 1 aromatic rings. The van der Waals surface area contributed by atoms with Crippen molar-refractivity contribution in [1.82, 2.24) is 9.80 Å². The maximum absolute atomic E-state index is 12.5. The number of carbonyl (C=O) groups excluding carboxylic acids is 1. The van der Waals surface area contributed by atoms with Gasteiger partial charge in [0.2, 0.25) is 5.91 Å². The molecule has 0 saturated carbocycles. The fraction of sp³-hybridized carbons (Fsp3) is 0.722. The molecule has 128 valence electrons. The van der Waals surface area contributed by atoms with Gasteiger partial charge in [-0.05, 0) is 43.7 Å². The van der Waals surface area contributed by atoms with Crippen molar-refractivity contribution >= 4 is 17.2 Å². The molecule has 23 heavy (non-hydrogen) atoms. The predicted octanol–water partition coefficient (Wildman–Crippen LogP) is 2.91. The van der Waals surface area contributed by atoms with Gasteiger partial charge in [0.25, 0.3) is 0 Å². The number of ether oxygens (including phenoxy) is 1. The normalized spacial score (nSPS) is 26.4. The first-order valence-electron chi connectivity index (χ1n) is 8.77. The number of likely N-dealkylation sites (tertiary alicyclic amines) is 1. The highest BCUT2D eigenvalue weighted by atomic mass is 32.1. The number of thiophene rings is 1. The van der Waals surface area contributed by atoms with Crippen LogP contribution in [0.5, 0.6) is 0 Å². The van der Waals surface area contributed by atoms with Crippen LogP contribution in [-0.2, 0) is 16.1 Å². The molecular weight excluding hydrogens is 308 g/mol. The van der Waals surface area contributed by atoms with E-state index in [0.29, 0.717) is 30.9 Å². The Morgan fingerprint density at radius 1 is 1.35 bits per heavy atom. The Morgan fingerprint density at radius 2 is 2.13 bits per heavy atom. The standard InChI is InChI=1S/C18H28N2O2S/c1-14-5-10-23-17(14)12-20-8-9-22-13-16(15(20)2)11-18(21)19-6-3-4-7-19/h5,10,15-16H,3-4,6-9,11-13H2,1-2H3/t15-,16+/m1/s1. The van der Waals surface area contributed by atoms with Crippen LogP contribution in [0.4, 0.5) is 0 Å². The molecule has 5 heteroatoms. The molecule has 1 amide bonds. The van der Waals surface area contributed by atoms with Crippen molar-refractivity contribution in [3.63, 3.8) is 0 Å². The van der Waals surface area contributed by atoms with Crippen LogP contribution in [0.1, 0.15) is 36.6 Å². The first-order valence-corrected chi connectivity index (χ1v) is 9.65. The summed E-state index contributed by atoms with van der Waals surface area (Å²) < 4.78 is 5.81. The summed E-state index contributed by atoms with van der Waals surface area (Å²) in [6.45, 7) is 9.73. The highest BCUT2D eigenvalue weighted by molar-refractivity contribution is 7.10. The molecular formula is C18H28N2O2S. The fourth-order valence-corrected chi connectivity index (χ4v) is 4.51. The third kappa shape index (κ3) is 4.14. The first kappa shape index (κ1) is 16.9. The Balaban J connectivity index is 1.63. The van der Waals surface area contributed by atoms with E-state index >= 15 is 0 Å². The molecule has 0 radical (unpaired) electrons. The van der Waals surface area contributed by atoms with Crippen molar-refractivity contribution in [2.75, 3.05) is 32.8 Å². The van der Waals surface area contributed by atoms with Gasteiger partial charge in [0, 0.05) is 49.4 Å². The van der Waals surface area contributed by atoms with Gasteiger partial charge in [-0.15, -0.1) is 11.3 Å². The van der Waals surface area contributed by atoms with Crippen molar-refractivity contribution in [2.45, 2.75) is 45.7 Å². The predicted molar refractivity (Wildman–Crippen MR) is 93.7 cm³/mol. The van der Waals surface area contributed by atoms with E-state index in [0.717, 1.165) is 45.6 Å². The molecule has 0 spiro atoms. The molecule has 2 aliphatic heterocycles. The van der Waals surface area contributed by atoms with Gasteiger partial charge < -0.3 is 9.64 Å². The van der Waals surface area contributed by atoms with Crippen LogP contribution in [0.3, 0.4) is 0 Å². The monoisotopic (exact) mass is 336 g/mol. The maximum Gasteiger partial charge on any atom is 0.222 e. The molecule has 2 fully saturated rings. The first-order chi connectivity index (χ1) is 11.1. The Kier molecular flexibility index (Phi) is 5.72. The molecule has 0 aliphatic carbocycles. The molecule has 2 aliphatic rings. The Morgan fingerprint density at radius 3 is 2.83 bits per heavy atom. The molecule has 0 bridgehead atoms. The van der Waals surface area contributed by atoms with Crippen LogP contribution in [0, 0.1) is 12.8 Å². The van der Waals surface area contributed by atoms with E-state index < -0.39 is 0 Å². The molecule has 3 rings (SSSR count). The third-order valence-corrected chi connectivity index (χ3v) is 6.33. The lowest BCUT2D eigenvalue weighted by molar-refractivity contribution is -0.132. The Labute approximate surface area is 143 Å². The summed E-state index contributed by atoms with van der Waals surface area (Å²) >= 11 is 1.83. The summed E-state index contributed by atoms with van der Waals surface area (Å²) in [5.74, 6) is 0.614. The number of hydrogen-bond donors (Lipinski definition) is 0. The molecule has 4 nitrogen and oxygen atoms in total. The zero-order valence-electron chi connectivity index (χ0n) is 14.3. The lowest BCUT2D eigenvalue weighted by atomic mass is 9.96. The molecule has 0 aromatic carbocycles. The van der Waals surface area contributed by atoms with Gasteiger partial charge in [0.15, 0.2) is 0 Å². The zero-order valence-corrected chi connectivity index (χ0v) is 15.1. The minimum absolute atomic E-state index is 0.297. The molecule has 3 heterocycles. The van der Waals surface area contributed by atoms with Gasteiger partial charge in [-0.1, -0.05) is 0 Å². The Hall–Kier alpha value is -0.910. The highest BCUT2D eigenvalue weighted by Gasteiger charge is 2.30. The lowest BCUT2D eigenvalue weighted by Crippen LogP contribution is -2.41. The number of amides is 1. The van der Waals surface area contributed by atoms with E-state index in [-0.39, 0.29) is 0 Å². The van der Waals surface area contributed by atoms with Crippen LogP contribution >= 0.6 is 11.3 Å². The average Bonchev–Trinajstić information content (AvgIpc) is 3.17. The van der Waals surface area contributed by atoms with Crippen LogP contribution in [0.2, 0.25) is 0 Å². The van der Waals surface area contributed by atoms with E-state index in [1.807, 2.05) is 16.2 Å². The van der Waals surface area contributed by atoms with Crippen molar-refractivity contribution in [2.24, 2.45) is 5.92 Å². The van der Waals surface area contributed by atoms with Gasteiger partial charge in [-0.2, -0.15) is 0 Å². The highest BCUT2D eigenvalue weighted by Crippen LogP contribution is 2.25. The Bertz CT molecular complexity index is 525. The average molecular weight is 337 g/mol. The van der Waals surface area contributed by atoms with Gasteiger partial charge in [-0.25, -0.2) is 0 Å². The number of hydrogen-bond acceptors (Lipinski definition) is 4. The smallest absolute Gasteiger partial charge is 0.222 e. The largest absolute Gasteiger partial charge is 0.380 e. The fourth-order valence-electron chi connectivity index (χ4n) is 3.58. The van der Waals surface area contributed by atoms with Crippen molar-refractivity contribution in [3.8, 4) is 0 Å². The lowest BCUT2D eigenvalue weighted by Gasteiger charge is -2.32. The minimum Gasteiger partial charge on any atom is -0.380 e. The van der Waals surface area contributed by atoms with Crippen LogP contribution in [0.15, 0.2) is 11.4 Å². The van der Waals surface area contributed by atoms with E-state index in [2.05, 4.69) is 30.2 Å². The molecule has 2 saturated heterocycles. The topological polar surface area (TPSA) is 32.8 Å². The second-order valence-corrected chi connectivity index (χ2v) is 7.87.